The second-order valence-electron chi connectivity index (χ2n) is 6.57. The van der Waals surface area contributed by atoms with Crippen molar-refractivity contribution in [3.63, 3.8) is 0 Å². The molecule has 138 valence electrons. The molecule has 2 atom stereocenters. The summed E-state index contributed by atoms with van der Waals surface area (Å²) in [5.74, 6) is -1.20. The van der Waals surface area contributed by atoms with Crippen LogP contribution in [0.1, 0.15) is 36.2 Å². The number of benzene rings is 2. The Bertz CT molecular complexity index is 788. The van der Waals surface area contributed by atoms with Gasteiger partial charge in [-0.05, 0) is 30.2 Å². The third kappa shape index (κ3) is 3.32. The van der Waals surface area contributed by atoms with Crippen molar-refractivity contribution in [1.29, 1.82) is 0 Å². The summed E-state index contributed by atoms with van der Waals surface area (Å²) >= 11 is 0. The summed E-state index contributed by atoms with van der Waals surface area (Å²) in [7, 11) is 3.06. The van der Waals surface area contributed by atoms with Crippen molar-refractivity contribution in [2.24, 2.45) is 0 Å². The van der Waals surface area contributed by atoms with Crippen molar-refractivity contribution in [2.45, 2.75) is 38.3 Å². The first-order valence-electron chi connectivity index (χ1n) is 8.60. The maximum absolute atomic E-state index is 12.6. The summed E-state index contributed by atoms with van der Waals surface area (Å²) in [4.78, 5) is 12.6. The van der Waals surface area contributed by atoms with E-state index in [9.17, 15) is 4.79 Å². The van der Waals surface area contributed by atoms with Gasteiger partial charge in [-0.3, -0.25) is 4.79 Å². The molecule has 0 fully saturated rings. The molecule has 1 aliphatic heterocycles. The van der Waals surface area contributed by atoms with Crippen LogP contribution in [0.4, 0.5) is 0 Å². The molecule has 0 N–H and O–H groups in total. The van der Waals surface area contributed by atoms with Gasteiger partial charge in [0.25, 0.3) is 11.6 Å². The molecule has 1 heterocycles. The minimum Gasteiger partial charge on any atom is -0.452 e. The zero-order valence-electron chi connectivity index (χ0n) is 15.6. The van der Waals surface area contributed by atoms with E-state index in [1.807, 2.05) is 30.3 Å². The number of fused-ring (bicyclic) bond motifs is 1. The van der Waals surface area contributed by atoms with Gasteiger partial charge in [-0.25, -0.2) is 0 Å². The standard InChI is InChI=1S/C21H24O5/c1-20(23-3)21(2,24-4)26-19-14-16(11-13-18(19)25-20)17(22)12-10-15-8-6-5-7-9-15/h5-9,11,13-14H,10,12H2,1-4H3/t20-,21-/m1/s1. The molecule has 26 heavy (non-hydrogen) atoms. The number of Topliss-reactive ketones (excluding diaryl/α,β-unsaturated/α-hetero) is 1. The van der Waals surface area contributed by atoms with Gasteiger partial charge in [0.15, 0.2) is 17.3 Å². The summed E-state index contributed by atoms with van der Waals surface area (Å²) < 4.78 is 22.9. The van der Waals surface area contributed by atoms with Crippen molar-refractivity contribution < 1.29 is 23.7 Å². The Labute approximate surface area is 153 Å². The molecule has 0 aliphatic carbocycles. The van der Waals surface area contributed by atoms with E-state index < -0.39 is 11.6 Å². The molecular formula is C21H24O5. The van der Waals surface area contributed by atoms with Gasteiger partial charge in [0.05, 0.1) is 0 Å². The van der Waals surface area contributed by atoms with E-state index in [2.05, 4.69) is 0 Å². The number of rotatable bonds is 6. The van der Waals surface area contributed by atoms with E-state index >= 15 is 0 Å². The average molecular weight is 356 g/mol. The molecule has 0 saturated heterocycles. The highest BCUT2D eigenvalue weighted by molar-refractivity contribution is 5.96. The minimum atomic E-state index is -1.14. The zero-order valence-corrected chi connectivity index (χ0v) is 15.6. The van der Waals surface area contributed by atoms with Crippen LogP contribution in [0.15, 0.2) is 48.5 Å². The topological polar surface area (TPSA) is 54.0 Å². The van der Waals surface area contributed by atoms with Crippen molar-refractivity contribution in [2.75, 3.05) is 14.2 Å². The van der Waals surface area contributed by atoms with Crippen molar-refractivity contribution in [3.05, 3.63) is 59.7 Å². The highest BCUT2D eigenvalue weighted by atomic mass is 16.8. The van der Waals surface area contributed by atoms with Crippen LogP contribution in [-0.4, -0.2) is 31.6 Å². The van der Waals surface area contributed by atoms with Gasteiger partial charge in [0, 0.05) is 40.1 Å². The smallest absolute Gasteiger partial charge is 0.273 e. The molecule has 0 saturated carbocycles. The first-order chi connectivity index (χ1) is 12.4. The number of carbonyl (C=O) groups is 1. The molecular weight excluding hydrogens is 332 g/mol. The predicted molar refractivity (Wildman–Crippen MR) is 97.6 cm³/mol. The van der Waals surface area contributed by atoms with E-state index in [0.29, 0.717) is 29.9 Å². The summed E-state index contributed by atoms with van der Waals surface area (Å²) in [5, 5.41) is 0. The molecule has 5 nitrogen and oxygen atoms in total. The Balaban J connectivity index is 1.79. The van der Waals surface area contributed by atoms with Gasteiger partial charge in [-0.1, -0.05) is 30.3 Å². The van der Waals surface area contributed by atoms with Gasteiger partial charge in [0.2, 0.25) is 0 Å². The summed E-state index contributed by atoms with van der Waals surface area (Å²) in [6.07, 6.45) is 1.13. The summed E-state index contributed by atoms with van der Waals surface area (Å²) in [5.41, 5.74) is 1.73. The Kier molecular flexibility index (Phi) is 5.03. The molecule has 0 unspecified atom stereocenters. The molecule has 0 radical (unpaired) electrons. The van der Waals surface area contributed by atoms with Crippen LogP contribution in [-0.2, 0) is 15.9 Å². The first-order valence-corrected chi connectivity index (χ1v) is 8.60. The van der Waals surface area contributed by atoms with E-state index in [0.717, 1.165) is 5.56 Å². The van der Waals surface area contributed by atoms with Crippen LogP contribution in [0, 0.1) is 0 Å². The SMILES string of the molecule is CO[C@]1(C)Oc2ccc(C(=O)CCc3ccccc3)cc2O[C@@]1(C)OC. The first kappa shape index (κ1) is 18.4. The normalized spacial score (nSPS) is 24.3. The number of aryl methyl sites for hydroxylation is 1. The summed E-state index contributed by atoms with van der Waals surface area (Å²) in [6, 6.07) is 15.1. The van der Waals surface area contributed by atoms with E-state index in [1.54, 1.807) is 32.0 Å². The lowest BCUT2D eigenvalue weighted by atomic mass is 10.0. The number of ketones is 1. The molecule has 0 amide bonds. The highest BCUT2D eigenvalue weighted by Gasteiger charge is 2.54. The lowest BCUT2D eigenvalue weighted by molar-refractivity contribution is -0.345. The third-order valence-electron chi connectivity index (χ3n) is 4.96. The molecule has 0 spiro atoms. The van der Waals surface area contributed by atoms with E-state index in [4.69, 9.17) is 18.9 Å². The van der Waals surface area contributed by atoms with Crippen LogP contribution in [0.3, 0.4) is 0 Å². The number of methoxy groups -OCH3 is 2. The second kappa shape index (κ2) is 7.09. The number of ether oxygens (including phenoxy) is 4. The molecule has 3 rings (SSSR count). The number of hydrogen-bond donors (Lipinski definition) is 0. The van der Waals surface area contributed by atoms with Gasteiger partial charge in [0.1, 0.15) is 0 Å². The predicted octanol–water partition coefficient (Wildman–Crippen LogP) is 4.00. The Morgan fingerprint density at radius 1 is 0.923 bits per heavy atom. The largest absolute Gasteiger partial charge is 0.452 e. The second-order valence-corrected chi connectivity index (χ2v) is 6.57. The van der Waals surface area contributed by atoms with E-state index in [-0.39, 0.29) is 5.78 Å². The van der Waals surface area contributed by atoms with Gasteiger partial charge in [-0.2, -0.15) is 0 Å². The molecule has 0 aromatic heterocycles. The zero-order chi connectivity index (χ0) is 18.8. The van der Waals surface area contributed by atoms with Crippen molar-refractivity contribution in [1.82, 2.24) is 0 Å². The third-order valence-corrected chi connectivity index (χ3v) is 4.96. The molecule has 2 aromatic rings. The monoisotopic (exact) mass is 356 g/mol. The molecule has 5 heteroatoms. The molecule has 2 aromatic carbocycles. The van der Waals surface area contributed by atoms with Gasteiger partial charge >= 0.3 is 0 Å². The Morgan fingerprint density at radius 2 is 1.54 bits per heavy atom. The molecule has 0 bridgehead atoms. The molecule has 1 aliphatic rings. The fourth-order valence-electron chi connectivity index (χ4n) is 2.95. The lowest BCUT2D eigenvalue weighted by Crippen LogP contribution is -2.62. The number of hydrogen-bond acceptors (Lipinski definition) is 5. The average Bonchev–Trinajstić information content (AvgIpc) is 2.67. The van der Waals surface area contributed by atoms with Gasteiger partial charge in [-0.15, -0.1) is 0 Å². The Hall–Kier alpha value is -2.37. The number of carbonyl (C=O) groups excluding carboxylic acids is 1. The van der Waals surface area contributed by atoms with Crippen molar-refractivity contribution >= 4 is 5.78 Å². The highest BCUT2D eigenvalue weighted by Crippen LogP contribution is 2.44. The minimum absolute atomic E-state index is 0.0550. The maximum Gasteiger partial charge on any atom is 0.273 e. The van der Waals surface area contributed by atoms with Crippen LogP contribution in [0.5, 0.6) is 11.5 Å². The van der Waals surface area contributed by atoms with Crippen LogP contribution in [0.2, 0.25) is 0 Å². The van der Waals surface area contributed by atoms with Crippen LogP contribution in [0.25, 0.3) is 0 Å². The lowest BCUT2D eigenvalue weighted by Gasteiger charge is -2.46. The summed E-state index contributed by atoms with van der Waals surface area (Å²) in [6.45, 7) is 3.49. The fraction of sp³-hybridized carbons (Fsp3) is 0.381. The maximum atomic E-state index is 12.6. The Morgan fingerprint density at radius 3 is 2.15 bits per heavy atom. The van der Waals surface area contributed by atoms with Gasteiger partial charge < -0.3 is 18.9 Å². The quantitative estimate of drug-likeness (QED) is 0.732. The van der Waals surface area contributed by atoms with E-state index in [1.165, 1.54) is 14.2 Å². The van der Waals surface area contributed by atoms with Crippen LogP contribution < -0.4 is 9.47 Å². The fourth-order valence-corrected chi connectivity index (χ4v) is 2.95. The van der Waals surface area contributed by atoms with Crippen molar-refractivity contribution in [3.8, 4) is 11.5 Å². The van der Waals surface area contributed by atoms with Crippen LogP contribution >= 0.6 is 0 Å².